The number of fused-ring (bicyclic) bond motifs is 1. The summed E-state index contributed by atoms with van der Waals surface area (Å²) in [5, 5.41) is 3.72. The van der Waals surface area contributed by atoms with Crippen LogP contribution in [0.2, 0.25) is 0 Å². The van der Waals surface area contributed by atoms with Crippen LogP contribution in [0.25, 0.3) is 10.9 Å². The van der Waals surface area contributed by atoms with Gasteiger partial charge in [-0.1, -0.05) is 45.0 Å². The van der Waals surface area contributed by atoms with E-state index in [1.165, 1.54) is 5.56 Å². The summed E-state index contributed by atoms with van der Waals surface area (Å²) >= 11 is 0. The number of aromatic nitrogens is 2. The van der Waals surface area contributed by atoms with Gasteiger partial charge in [0.15, 0.2) is 0 Å². The number of hydrogen-bond acceptors (Lipinski definition) is 4. The van der Waals surface area contributed by atoms with Gasteiger partial charge in [-0.05, 0) is 56.0 Å². The third kappa shape index (κ3) is 5.25. The number of urea groups is 1. The summed E-state index contributed by atoms with van der Waals surface area (Å²) in [4.78, 5) is 35.6. The van der Waals surface area contributed by atoms with Gasteiger partial charge in [-0.15, -0.1) is 0 Å². The van der Waals surface area contributed by atoms with Crippen LogP contribution in [0.15, 0.2) is 53.3 Å². The summed E-state index contributed by atoms with van der Waals surface area (Å²) in [6.45, 7) is 11.2. The first-order chi connectivity index (χ1) is 17.0. The number of aryl methyl sites for hydroxylation is 1. The first-order valence-corrected chi connectivity index (χ1v) is 12.9. The molecule has 2 unspecified atom stereocenters. The van der Waals surface area contributed by atoms with Gasteiger partial charge in [0, 0.05) is 37.9 Å². The number of amides is 2. The summed E-state index contributed by atoms with van der Waals surface area (Å²) in [6, 6.07) is 15.6. The summed E-state index contributed by atoms with van der Waals surface area (Å²) in [5.41, 5.74) is 2.85. The van der Waals surface area contributed by atoms with Gasteiger partial charge in [0.2, 0.25) is 0 Å². The minimum atomic E-state index is -0.0684. The molecule has 0 radical (unpaired) electrons. The van der Waals surface area contributed by atoms with Gasteiger partial charge in [-0.3, -0.25) is 14.3 Å². The quantitative estimate of drug-likeness (QED) is 0.519. The van der Waals surface area contributed by atoms with Crippen LogP contribution >= 0.6 is 0 Å². The molecule has 1 aromatic heterocycles. The molecule has 1 N–H and O–H groups in total. The zero-order valence-corrected chi connectivity index (χ0v) is 21.3. The smallest absolute Gasteiger partial charge is 0.319 e. The van der Waals surface area contributed by atoms with Crippen LogP contribution in [0.5, 0.6) is 0 Å². The van der Waals surface area contributed by atoms with Crippen molar-refractivity contribution in [1.82, 2.24) is 19.4 Å². The number of piperazine rings is 1. The van der Waals surface area contributed by atoms with Crippen molar-refractivity contribution >= 4 is 22.6 Å². The third-order valence-corrected chi connectivity index (χ3v) is 7.00. The average Bonchev–Trinajstić information content (AvgIpc) is 2.87. The van der Waals surface area contributed by atoms with Crippen LogP contribution < -0.4 is 10.9 Å². The van der Waals surface area contributed by atoms with E-state index in [2.05, 4.69) is 50.0 Å². The molecule has 1 saturated heterocycles. The van der Waals surface area contributed by atoms with Gasteiger partial charge in [-0.2, -0.15) is 0 Å². The molecule has 0 saturated carbocycles. The number of carbonyl (C=O) groups excluding carboxylic acids is 1. The van der Waals surface area contributed by atoms with Crippen molar-refractivity contribution in [2.75, 3.05) is 25.0 Å². The van der Waals surface area contributed by atoms with Crippen molar-refractivity contribution in [3.8, 4) is 0 Å². The highest BCUT2D eigenvalue weighted by atomic mass is 16.2. The molecule has 0 bridgehead atoms. The number of para-hydroxylation sites is 1. The van der Waals surface area contributed by atoms with E-state index in [9.17, 15) is 9.59 Å². The largest absolute Gasteiger partial charge is 0.322 e. The normalized spacial score (nSPS) is 17.5. The molecular weight excluding hydrogens is 438 g/mol. The second-order valence-electron chi connectivity index (χ2n) is 9.39. The van der Waals surface area contributed by atoms with Crippen molar-refractivity contribution in [3.05, 3.63) is 70.3 Å². The Morgan fingerprint density at radius 2 is 1.83 bits per heavy atom. The molecule has 4 rings (SSSR count). The maximum absolute atomic E-state index is 13.3. The van der Waals surface area contributed by atoms with Crippen LogP contribution in [0.4, 0.5) is 10.5 Å². The molecule has 1 fully saturated rings. The molecular formula is C28H37N5O2. The summed E-state index contributed by atoms with van der Waals surface area (Å²) < 4.78 is 1.86. The zero-order chi connectivity index (χ0) is 24.9. The Bertz CT molecular complexity index is 1220. The maximum Gasteiger partial charge on any atom is 0.322 e. The van der Waals surface area contributed by atoms with Crippen LogP contribution in [-0.4, -0.2) is 51.1 Å². The molecule has 7 heteroatoms. The lowest BCUT2D eigenvalue weighted by atomic mass is 10.1. The zero-order valence-electron chi connectivity index (χ0n) is 21.3. The predicted molar refractivity (Wildman–Crippen MR) is 142 cm³/mol. The number of anilines is 1. The van der Waals surface area contributed by atoms with Gasteiger partial charge in [0.05, 0.1) is 16.9 Å². The number of nitrogens with zero attached hydrogens (tertiary/aromatic N) is 4. The van der Waals surface area contributed by atoms with Crippen LogP contribution in [0, 0.1) is 0 Å². The number of carbonyl (C=O) groups is 1. The van der Waals surface area contributed by atoms with Crippen LogP contribution in [0.1, 0.15) is 58.0 Å². The molecule has 2 heterocycles. The molecule has 2 amide bonds. The number of benzene rings is 2. The Labute approximate surface area is 207 Å². The van der Waals surface area contributed by atoms with E-state index in [-0.39, 0.29) is 23.7 Å². The molecule has 0 spiro atoms. The van der Waals surface area contributed by atoms with Crippen LogP contribution in [-0.2, 0) is 13.0 Å². The highest BCUT2D eigenvalue weighted by Gasteiger charge is 2.33. The molecule has 0 aliphatic carbocycles. The molecule has 1 aliphatic heterocycles. The van der Waals surface area contributed by atoms with Crippen molar-refractivity contribution < 1.29 is 4.79 Å². The summed E-state index contributed by atoms with van der Waals surface area (Å²) in [5.74, 6) is 0.833. The van der Waals surface area contributed by atoms with E-state index < -0.39 is 0 Å². The lowest BCUT2D eigenvalue weighted by molar-refractivity contribution is 0.0717. The van der Waals surface area contributed by atoms with E-state index in [0.717, 1.165) is 49.4 Å². The fraction of sp³-hybridized carbons (Fsp3) is 0.464. The number of hydrogen-bond donors (Lipinski definition) is 1. The van der Waals surface area contributed by atoms with Gasteiger partial charge < -0.3 is 10.2 Å². The second-order valence-corrected chi connectivity index (χ2v) is 9.39. The van der Waals surface area contributed by atoms with Gasteiger partial charge >= 0.3 is 6.03 Å². The second kappa shape index (κ2) is 11.0. The summed E-state index contributed by atoms with van der Waals surface area (Å²) in [7, 11) is 0. The topological polar surface area (TPSA) is 70.5 Å². The molecule has 1 aliphatic rings. The van der Waals surface area contributed by atoms with Gasteiger partial charge in [-0.25, -0.2) is 9.78 Å². The minimum absolute atomic E-state index is 0.0214. The lowest BCUT2D eigenvalue weighted by Gasteiger charge is -2.43. The van der Waals surface area contributed by atoms with Crippen molar-refractivity contribution in [2.24, 2.45) is 0 Å². The van der Waals surface area contributed by atoms with Gasteiger partial charge in [0.1, 0.15) is 5.82 Å². The predicted octanol–water partition coefficient (Wildman–Crippen LogP) is 5.06. The fourth-order valence-corrected chi connectivity index (χ4v) is 5.07. The van der Waals surface area contributed by atoms with Crippen molar-refractivity contribution in [1.29, 1.82) is 0 Å². The third-order valence-electron chi connectivity index (χ3n) is 7.00. The van der Waals surface area contributed by atoms with E-state index in [4.69, 9.17) is 4.98 Å². The summed E-state index contributed by atoms with van der Waals surface area (Å²) in [6.07, 6.45) is 2.69. The molecule has 35 heavy (non-hydrogen) atoms. The monoisotopic (exact) mass is 475 g/mol. The minimum Gasteiger partial charge on any atom is -0.319 e. The Morgan fingerprint density at radius 3 is 2.49 bits per heavy atom. The van der Waals surface area contributed by atoms with Crippen LogP contribution in [0.3, 0.4) is 0 Å². The fourth-order valence-electron chi connectivity index (χ4n) is 5.07. The highest BCUT2D eigenvalue weighted by Crippen LogP contribution is 2.27. The molecule has 2 aromatic carbocycles. The van der Waals surface area contributed by atoms with E-state index >= 15 is 0 Å². The first kappa shape index (κ1) is 24.9. The Morgan fingerprint density at radius 1 is 1.09 bits per heavy atom. The number of nitrogens with one attached hydrogen (secondary N) is 1. The number of rotatable bonds is 7. The van der Waals surface area contributed by atoms with E-state index in [0.29, 0.717) is 18.5 Å². The Hall–Kier alpha value is -3.19. The van der Waals surface area contributed by atoms with Crippen molar-refractivity contribution in [2.45, 2.75) is 65.6 Å². The maximum atomic E-state index is 13.3. The van der Waals surface area contributed by atoms with E-state index in [1.807, 2.05) is 45.9 Å². The SMILES string of the molecule is CCCn1c(C(CC)N2CCN(C(=O)Nc3ccc(CC)cc3)C(C)C2)nc2ccccc2c1=O. The molecule has 7 nitrogen and oxygen atoms in total. The Balaban J connectivity index is 1.53. The van der Waals surface area contributed by atoms with E-state index in [1.54, 1.807) is 0 Å². The standard InChI is InChI=1S/C28H37N5O2/c1-5-16-33-26(30-24-11-9-8-10-23(24)27(33)34)25(7-3)31-17-18-32(20(4)19-31)28(35)29-22-14-12-21(6-2)13-15-22/h8-15,20,25H,5-7,16-19H2,1-4H3,(H,29,35). The average molecular weight is 476 g/mol. The molecule has 186 valence electrons. The molecule has 3 aromatic rings. The lowest BCUT2D eigenvalue weighted by Crippen LogP contribution is -2.56. The Kier molecular flexibility index (Phi) is 7.86. The van der Waals surface area contributed by atoms with Crippen molar-refractivity contribution in [3.63, 3.8) is 0 Å². The highest BCUT2D eigenvalue weighted by molar-refractivity contribution is 5.89. The van der Waals surface area contributed by atoms with Gasteiger partial charge in [0.25, 0.3) is 5.56 Å². The molecule has 2 atom stereocenters. The first-order valence-electron chi connectivity index (χ1n) is 12.9.